The second kappa shape index (κ2) is 7.06. The number of aliphatic hydroxyl groups excluding tert-OH is 1. The maximum absolute atomic E-state index is 12.1. The van der Waals surface area contributed by atoms with Crippen molar-refractivity contribution >= 4 is 34.3 Å². The number of halogens is 1. The molecule has 0 atom stereocenters. The van der Waals surface area contributed by atoms with E-state index in [0.717, 1.165) is 0 Å². The summed E-state index contributed by atoms with van der Waals surface area (Å²) in [4.78, 5) is 16.2. The first-order valence-corrected chi connectivity index (χ1v) is 7.04. The molecule has 2 aromatic rings. The van der Waals surface area contributed by atoms with Crippen LogP contribution in [0.15, 0.2) is 36.4 Å². The molecule has 0 saturated heterocycles. The minimum absolute atomic E-state index is 0.0544. The van der Waals surface area contributed by atoms with Crippen LogP contribution in [0.25, 0.3) is 0 Å². The molecule has 21 heavy (non-hydrogen) atoms. The molecule has 0 aliphatic carbocycles. The molecular formula is C15H11IN2O3. The number of anilines is 1. The number of hydrogen-bond acceptors (Lipinski definition) is 4. The third-order valence-electron chi connectivity index (χ3n) is 2.49. The predicted molar refractivity (Wildman–Crippen MR) is 87.0 cm³/mol. The highest BCUT2D eigenvalue weighted by Gasteiger charge is 2.09. The third kappa shape index (κ3) is 4.18. The van der Waals surface area contributed by atoms with E-state index < -0.39 is 0 Å². The van der Waals surface area contributed by atoms with Crippen LogP contribution in [0.3, 0.4) is 0 Å². The summed E-state index contributed by atoms with van der Waals surface area (Å²) in [5.74, 6) is 5.18. The zero-order valence-electron chi connectivity index (χ0n) is 10.8. The molecule has 0 radical (unpaired) electrons. The maximum atomic E-state index is 12.1. The number of phenols is 1. The number of phenolic OH excluding ortho intramolecular Hbond substituents is 1. The monoisotopic (exact) mass is 394 g/mol. The Hall–Kier alpha value is -2.11. The number of aromatic nitrogens is 1. The van der Waals surface area contributed by atoms with Gasteiger partial charge in [0, 0.05) is 5.56 Å². The van der Waals surface area contributed by atoms with Gasteiger partial charge >= 0.3 is 0 Å². The van der Waals surface area contributed by atoms with Gasteiger partial charge < -0.3 is 15.5 Å². The zero-order chi connectivity index (χ0) is 15.2. The smallest absolute Gasteiger partial charge is 0.256 e. The van der Waals surface area contributed by atoms with Crippen molar-refractivity contribution in [2.24, 2.45) is 0 Å². The van der Waals surface area contributed by atoms with Gasteiger partial charge in [-0.3, -0.25) is 4.79 Å². The summed E-state index contributed by atoms with van der Waals surface area (Å²) in [5, 5.41) is 20.9. The van der Waals surface area contributed by atoms with E-state index in [9.17, 15) is 9.90 Å². The molecule has 0 aliphatic heterocycles. The number of benzene rings is 1. The largest absolute Gasteiger partial charge is 0.507 e. The topological polar surface area (TPSA) is 82.5 Å². The molecule has 0 aliphatic rings. The molecular weight excluding hydrogens is 383 g/mol. The lowest BCUT2D eigenvalue weighted by Crippen LogP contribution is -2.13. The molecule has 1 aromatic heterocycles. The van der Waals surface area contributed by atoms with Crippen LogP contribution in [0, 0.1) is 15.4 Å². The van der Waals surface area contributed by atoms with Gasteiger partial charge in [0.05, 0.1) is 3.57 Å². The van der Waals surface area contributed by atoms with Crippen molar-refractivity contribution in [2.75, 3.05) is 11.9 Å². The van der Waals surface area contributed by atoms with Gasteiger partial charge in [-0.05, 0) is 58.8 Å². The van der Waals surface area contributed by atoms with E-state index in [1.54, 1.807) is 30.3 Å². The van der Waals surface area contributed by atoms with Crippen molar-refractivity contribution in [1.29, 1.82) is 0 Å². The SMILES string of the molecule is O=C(Nc1cccc(C#CCO)n1)c1ccc(I)c(O)c1. The highest BCUT2D eigenvalue weighted by atomic mass is 127. The molecule has 0 bridgehead atoms. The average molecular weight is 394 g/mol. The number of aromatic hydroxyl groups is 1. The zero-order valence-corrected chi connectivity index (χ0v) is 13.0. The van der Waals surface area contributed by atoms with Crippen molar-refractivity contribution in [3.8, 4) is 17.6 Å². The number of amides is 1. The van der Waals surface area contributed by atoms with Crippen LogP contribution in [-0.2, 0) is 0 Å². The van der Waals surface area contributed by atoms with Crippen LogP contribution >= 0.6 is 22.6 Å². The maximum Gasteiger partial charge on any atom is 0.256 e. The van der Waals surface area contributed by atoms with Crippen molar-refractivity contribution in [3.63, 3.8) is 0 Å². The molecule has 0 fully saturated rings. The number of nitrogens with zero attached hydrogens (tertiary/aromatic N) is 1. The van der Waals surface area contributed by atoms with E-state index in [4.69, 9.17) is 5.11 Å². The number of carbonyl (C=O) groups excluding carboxylic acids is 1. The molecule has 2 rings (SSSR count). The lowest BCUT2D eigenvalue weighted by molar-refractivity contribution is 0.102. The number of hydrogen-bond donors (Lipinski definition) is 3. The number of carbonyl (C=O) groups is 1. The summed E-state index contributed by atoms with van der Waals surface area (Å²) >= 11 is 1.98. The van der Waals surface area contributed by atoms with E-state index in [1.807, 2.05) is 22.6 Å². The summed E-state index contributed by atoms with van der Waals surface area (Å²) in [5.41, 5.74) is 0.786. The quantitative estimate of drug-likeness (QED) is 0.538. The first-order chi connectivity index (χ1) is 10.1. The number of pyridine rings is 1. The Labute approximate surface area is 135 Å². The fourth-order valence-electron chi connectivity index (χ4n) is 1.55. The molecule has 0 unspecified atom stereocenters. The molecule has 3 N–H and O–H groups in total. The van der Waals surface area contributed by atoms with Crippen LogP contribution in [0.5, 0.6) is 5.75 Å². The Morgan fingerprint density at radius 3 is 2.86 bits per heavy atom. The second-order valence-electron chi connectivity index (χ2n) is 3.99. The van der Waals surface area contributed by atoms with Gasteiger partial charge in [0.1, 0.15) is 23.9 Å². The molecule has 5 nitrogen and oxygen atoms in total. The van der Waals surface area contributed by atoms with Crippen molar-refractivity contribution in [1.82, 2.24) is 4.98 Å². The van der Waals surface area contributed by atoms with Gasteiger partial charge in [-0.1, -0.05) is 12.0 Å². The van der Waals surface area contributed by atoms with E-state index in [1.165, 1.54) is 6.07 Å². The first kappa shape index (κ1) is 15.3. The fraction of sp³-hybridized carbons (Fsp3) is 0.0667. The van der Waals surface area contributed by atoms with Crippen molar-refractivity contribution in [2.45, 2.75) is 0 Å². The third-order valence-corrected chi connectivity index (χ3v) is 3.41. The highest BCUT2D eigenvalue weighted by Crippen LogP contribution is 2.21. The number of rotatable bonds is 2. The van der Waals surface area contributed by atoms with Gasteiger partial charge in [0.25, 0.3) is 5.91 Å². The van der Waals surface area contributed by atoms with E-state index in [2.05, 4.69) is 22.1 Å². The molecule has 106 valence electrons. The summed E-state index contributed by atoms with van der Waals surface area (Å²) in [6.45, 7) is -0.250. The van der Waals surface area contributed by atoms with Gasteiger partial charge in [-0.2, -0.15) is 0 Å². The van der Waals surface area contributed by atoms with Gasteiger partial charge in [-0.25, -0.2) is 4.98 Å². The number of aliphatic hydroxyl groups is 1. The normalized spacial score (nSPS) is 9.62. The van der Waals surface area contributed by atoms with Crippen LogP contribution < -0.4 is 5.32 Å². The Bertz CT molecular complexity index is 735. The molecule has 0 spiro atoms. The van der Waals surface area contributed by atoms with Crippen LogP contribution in [0.4, 0.5) is 5.82 Å². The number of nitrogens with one attached hydrogen (secondary N) is 1. The summed E-state index contributed by atoms with van der Waals surface area (Å²) in [6.07, 6.45) is 0. The minimum atomic E-state index is -0.374. The molecule has 1 heterocycles. The van der Waals surface area contributed by atoms with Crippen molar-refractivity contribution < 1.29 is 15.0 Å². The Kier molecular flexibility index (Phi) is 5.14. The standard InChI is InChI=1S/C15H11IN2O3/c16-12-7-6-10(9-13(12)20)15(21)18-14-5-1-3-11(17-14)4-2-8-19/h1,3,5-7,9,19-20H,8H2,(H,17,18,21). The van der Waals surface area contributed by atoms with Crippen LogP contribution in [0.1, 0.15) is 16.1 Å². The van der Waals surface area contributed by atoms with E-state index in [-0.39, 0.29) is 18.3 Å². The van der Waals surface area contributed by atoms with E-state index >= 15 is 0 Å². The minimum Gasteiger partial charge on any atom is -0.507 e. The predicted octanol–water partition coefficient (Wildman–Crippen LogP) is 1.99. The van der Waals surface area contributed by atoms with Gasteiger partial charge in [0.2, 0.25) is 0 Å². The second-order valence-corrected chi connectivity index (χ2v) is 5.15. The Morgan fingerprint density at radius 1 is 1.33 bits per heavy atom. The van der Waals surface area contributed by atoms with E-state index in [0.29, 0.717) is 20.6 Å². The summed E-state index contributed by atoms with van der Waals surface area (Å²) in [7, 11) is 0. The van der Waals surface area contributed by atoms with Gasteiger partial charge in [0.15, 0.2) is 0 Å². The van der Waals surface area contributed by atoms with Crippen molar-refractivity contribution in [3.05, 3.63) is 51.2 Å². The Balaban J connectivity index is 2.17. The average Bonchev–Trinajstić information content (AvgIpc) is 2.48. The molecule has 1 amide bonds. The summed E-state index contributed by atoms with van der Waals surface area (Å²) < 4.78 is 0.670. The molecule has 6 heteroatoms. The molecule has 1 aromatic carbocycles. The van der Waals surface area contributed by atoms with Gasteiger partial charge in [-0.15, -0.1) is 0 Å². The lowest BCUT2D eigenvalue weighted by atomic mass is 10.2. The van der Waals surface area contributed by atoms with Crippen LogP contribution in [-0.4, -0.2) is 27.7 Å². The van der Waals surface area contributed by atoms with Crippen LogP contribution in [0.2, 0.25) is 0 Å². The highest BCUT2D eigenvalue weighted by molar-refractivity contribution is 14.1. The Morgan fingerprint density at radius 2 is 2.14 bits per heavy atom. The fourth-order valence-corrected chi connectivity index (χ4v) is 1.88. The first-order valence-electron chi connectivity index (χ1n) is 5.97. The molecule has 0 saturated carbocycles. The summed E-state index contributed by atoms with van der Waals surface area (Å²) in [6, 6.07) is 9.68. The lowest BCUT2D eigenvalue weighted by Gasteiger charge is -2.06.